The van der Waals surface area contributed by atoms with Gasteiger partial charge in [0.25, 0.3) is 0 Å². The molecule has 0 saturated heterocycles. The van der Waals surface area contributed by atoms with Crippen LogP contribution in [0.2, 0.25) is 0 Å². The SMILES string of the molecule is C[C@@H](Oc1cc(-n2cnc3ccc(C=O)cc32)sc1C(=O)[O-])c1ccccc1C(F)(F)F. The Morgan fingerprint density at radius 3 is 2.66 bits per heavy atom. The number of carboxylic acids is 1. The van der Waals surface area contributed by atoms with Crippen LogP contribution >= 0.6 is 11.3 Å². The summed E-state index contributed by atoms with van der Waals surface area (Å²) in [6, 6.07) is 11.2. The van der Waals surface area contributed by atoms with Gasteiger partial charge in [-0.2, -0.15) is 13.2 Å². The van der Waals surface area contributed by atoms with Gasteiger partial charge in [-0.25, -0.2) is 4.98 Å². The number of ether oxygens (including phenoxy) is 1. The highest BCUT2D eigenvalue weighted by Gasteiger charge is 2.34. The highest BCUT2D eigenvalue weighted by atomic mass is 32.1. The Bertz CT molecular complexity index is 1330. The van der Waals surface area contributed by atoms with Gasteiger partial charge in [-0.05, 0) is 31.2 Å². The number of aromatic nitrogens is 2. The molecule has 0 aliphatic carbocycles. The molecule has 0 N–H and O–H groups in total. The molecule has 0 bridgehead atoms. The second-order valence-corrected chi connectivity index (χ2v) is 7.92. The molecule has 0 unspecified atom stereocenters. The molecule has 4 aromatic rings. The number of hydrogen-bond donors (Lipinski definition) is 0. The topological polar surface area (TPSA) is 84.2 Å². The standard InChI is InChI=1S/C22H15F3N2O4S/c1-12(14-4-2-3-5-15(14)22(23,24)25)31-18-9-19(32-20(18)21(29)30)27-11-26-16-7-6-13(10-28)8-17(16)27/h2-12H,1H3,(H,29,30)/p-1/t12-/m1/s1. The molecule has 6 nitrogen and oxygen atoms in total. The van der Waals surface area contributed by atoms with Crippen LogP contribution in [0, 0.1) is 0 Å². The van der Waals surface area contributed by atoms with Gasteiger partial charge in [0, 0.05) is 17.2 Å². The molecular formula is C22H14F3N2O4S-. The third kappa shape index (κ3) is 3.96. The van der Waals surface area contributed by atoms with Gasteiger partial charge in [-0.1, -0.05) is 18.2 Å². The van der Waals surface area contributed by atoms with Crippen molar-refractivity contribution in [1.82, 2.24) is 9.55 Å². The zero-order valence-electron chi connectivity index (χ0n) is 16.4. The molecule has 2 heterocycles. The lowest BCUT2D eigenvalue weighted by atomic mass is 10.0. The molecule has 2 aromatic carbocycles. The zero-order valence-corrected chi connectivity index (χ0v) is 17.2. The number of aromatic carboxylic acids is 1. The second kappa shape index (κ2) is 8.12. The minimum atomic E-state index is -4.59. The molecule has 0 aliphatic heterocycles. The fraction of sp³-hybridized carbons (Fsp3) is 0.136. The number of alkyl halides is 3. The third-order valence-corrected chi connectivity index (χ3v) is 5.92. The fourth-order valence-electron chi connectivity index (χ4n) is 3.35. The molecular weight excluding hydrogens is 445 g/mol. The van der Waals surface area contributed by atoms with Gasteiger partial charge >= 0.3 is 6.18 Å². The molecule has 0 fully saturated rings. The predicted molar refractivity (Wildman–Crippen MR) is 109 cm³/mol. The van der Waals surface area contributed by atoms with Gasteiger partial charge in [-0.15, -0.1) is 11.3 Å². The Balaban J connectivity index is 1.75. The van der Waals surface area contributed by atoms with Crippen molar-refractivity contribution in [2.75, 3.05) is 0 Å². The van der Waals surface area contributed by atoms with Gasteiger partial charge in [0.15, 0.2) is 0 Å². The van der Waals surface area contributed by atoms with E-state index in [9.17, 15) is 27.9 Å². The van der Waals surface area contributed by atoms with Crippen molar-refractivity contribution in [2.24, 2.45) is 0 Å². The Hall–Kier alpha value is -3.66. The van der Waals surface area contributed by atoms with Crippen molar-refractivity contribution in [2.45, 2.75) is 19.2 Å². The van der Waals surface area contributed by atoms with Crippen molar-refractivity contribution < 1.29 is 32.6 Å². The van der Waals surface area contributed by atoms with Crippen molar-refractivity contribution >= 4 is 34.6 Å². The number of rotatable bonds is 6. The second-order valence-electron chi connectivity index (χ2n) is 6.89. The van der Waals surface area contributed by atoms with Gasteiger partial charge in [-0.3, -0.25) is 9.36 Å². The maximum atomic E-state index is 13.4. The van der Waals surface area contributed by atoms with E-state index < -0.39 is 23.8 Å². The monoisotopic (exact) mass is 459 g/mol. The van der Waals surface area contributed by atoms with Gasteiger partial charge in [0.1, 0.15) is 29.5 Å². The Labute approximate surface area is 183 Å². The number of imidazole rings is 1. The molecule has 0 aliphatic rings. The summed E-state index contributed by atoms with van der Waals surface area (Å²) in [5.41, 5.74) is 0.558. The third-order valence-electron chi connectivity index (χ3n) is 4.82. The van der Waals surface area contributed by atoms with E-state index in [0.717, 1.165) is 17.4 Å². The van der Waals surface area contributed by atoms with Crippen LogP contribution in [0.5, 0.6) is 5.75 Å². The van der Waals surface area contributed by atoms with E-state index in [1.54, 1.807) is 22.8 Å². The summed E-state index contributed by atoms with van der Waals surface area (Å²) in [6.07, 6.45) is -3.55. The maximum absolute atomic E-state index is 13.4. The molecule has 1 atom stereocenters. The molecule has 0 spiro atoms. The van der Waals surface area contributed by atoms with E-state index in [-0.39, 0.29) is 16.2 Å². The molecule has 10 heteroatoms. The van der Waals surface area contributed by atoms with Gasteiger partial charge < -0.3 is 14.6 Å². The van der Waals surface area contributed by atoms with Gasteiger partial charge in [0.2, 0.25) is 0 Å². The molecule has 2 aromatic heterocycles. The number of nitrogens with zero attached hydrogens (tertiary/aromatic N) is 2. The van der Waals surface area contributed by atoms with E-state index in [2.05, 4.69) is 4.98 Å². The largest absolute Gasteiger partial charge is 0.544 e. The highest BCUT2D eigenvalue weighted by molar-refractivity contribution is 7.16. The molecule has 4 rings (SSSR count). The number of aldehydes is 1. The summed E-state index contributed by atoms with van der Waals surface area (Å²) < 4.78 is 47.3. The van der Waals surface area contributed by atoms with Crippen molar-refractivity contribution in [3.05, 3.63) is 76.4 Å². The Morgan fingerprint density at radius 1 is 1.22 bits per heavy atom. The maximum Gasteiger partial charge on any atom is 0.416 e. The first-order valence-electron chi connectivity index (χ1n) is 9.29. The van der Waals surface area contributed by atoms with Crippen LogP contribution in [-0.2, 0) is 6.18 Å². The first kappa shape index (κ1) is 21.6. The number of thiophene rings is 1. The lowest BCUT2D eigenvalue weighted by Gasteiger charge is -2.20. The molecule has 0 amide bonds. The average molecular weight is 459 g/mol. The molecule has 32 heavy (non-hydrogen) atoms. The minimum Gasteiger partial charge on any atom is -0.544 e. The van der Waals surface area contributed by atoms with E-state index >= 15 is 0 Å². The van der Waals surface area contributed by atoms with E-state index in [1.165, 1.54) is 37.5 Å². The molecule has 164 valence electrons. The lowest BCUT2D eigenvalue weighted by molar-refractivity contribution is -0.254. The normalized spacial score (nSPS) is 12.6. The fourth-order valence-corrected chi connectivity index (χ4v) is 4.26. The number of carbonyl (C=O) groups is 2. The van der Waals surface area contributed by atoms with Crippen molar-refractivity contribution in [1.29, 1.82) is 0 Å². The quantitative estimate of drug-likeness (QED) is 0.399. The summed E-state index contributed by atoms with van der Waals surface area (Å²) in [7, 11) is 0. The van der Waals surface area contributed by atoms with Crippen LogP contribution in [0.4, 0.5) is 13.2 Å². The average Bonchev–Trinajstić information content (AvgIpc) is 3.36. The Kier molecular flexibility index (Phi) is 5.47. The summed E-state index contributed by atoms with van der Waals surface area (Å²) in [5, 5.41) is 12.1. The molecule has 0 radical (unpaired) electrons. The smallest absolute Gasteiger partial charge is 0.416 e. The number of benzene rings is 2. The van der Waals surface area contributed by atoms with Crippen molar-refractivity contribution in [3.63, 3.8) is 0 Å². The number of carboxylic acid groups (broad SMARTS) is 1. The summed E-state index contributed by atoms with van der Waals surface area (Å²) in [5.74, 6) is -1.64. The number of hydrogen-bond acceptors (Lipinski definition) is 6. The predicted octanol–water partition coefficient (Wildman–Crippen LogP) is 4.42. The summed E-state index contributed by atoms with van der Waals surface area (Å²) in [4.78, 5) is 26.7. The zero-order chi connectivity index (χ0) is 23.0. The Morgan fingerprint density at radius 2 is 1.97 bits per heavy atom. The first-order chi connectivity index (χ1) is 15.2. The highest BCUT2D eigenvalue weighted by Crippen LogP contribution is 2.39. The van der Waals surface area contributed by atoms with Crippen molar-refractivity contribution in [3.8, 4) is 10.8 Å². The van der Waals surface area contributed by atoms with Crippen LogP contribution < -0.4 is 9.84 Å². The number of halogens is 3. The van der Waals surface area contributed by atoms with Crippen LogP contribution in [0.25, 0.3) is 16.0 Å². The first-order valence-corrected chi connectivity index (χ1v) is 10.1. The summed E-state index contributed by atoms with van der Waals surface area (Å²) in [6.45, 7) is 1.41. The van der Waals surface area contributed by atoms with E-state index in [1.807, 2.05) is 0 Å². The van der Waals surface area contributed by atoms with Crippen LogP contribution in [0.1, 0.15) is 44.2 Å². The van der Waals surface area contributed by atoms with E-state index in [0.29, 0.717) is 27.9 Å². The van der Waals surface area contributed by atoms with E-state index in [4.69, 9.17) is 4.74 Å². The van der Waals surface area contributed by atoms with Crippen LogP contribution in [0.3, 0.4) is 0 Å². The minimum absolute atomic E-state index is 0.122. The van der Waals surface area contributed by atoms with Gasteiger partial charge in [0.05, 0.1) is 27.4 Å². The van der Waals surface area contributed by atoms with Crippen LogP contribution in [-0.4, -0.2) is 21.8 Å². The number of fused-ring (bicyclic) bond motifs is 1. The molecule has 0 saturated carbocycles. The van der Waals surface area contributed by atoms with Crippen LogP contribution in [0.15, 0.2) is 54.9 Å². The number of carbonyl (C=O) groups excluding carboxylic acids is 2. The summed E-state index contributed by atoms with van der Waals surface area (Å²) >= 11 is 0.826. The lowest BCUT2D eigenvalue weighted by Crippen LogP contribution is -2.22.